The van der Waals surface area contributed by atoms with Crippen molar-refractivity contribution in [2.45, 2.75) is 27.3 Å². The molecule has 2 aromatic carbocycles. The van der Waals surface area contributed by atoms with E-state index in [1.165, 1.54) is 11.1 Å². The van der Waals surface area contributed by atoms with Crippen LogP contribution in [-0.2, 0) is 11.3 Å². The van der Waals surface area contributed by atoms with E-state index in [4.69, 9.17) is 0 Å². The molecule has 0 bridgehead atoms. The molecule has 2 rings (SSSR count). The third-order valence-electron chi connectivity index (χ3n) is 3.82. The molecule has 0 aromatic heterocycles. The van der Waals surface area contributed by atoms with Crippen molar-refractivity contribution in [3.05, 3.63) is 63.1 Å². The number of carbonyl (C=O) groups is 1. The molecule has 0 fully saturated rings. The number of benzene rings is 2. The molecule has 0 saturated heterocycles. The molecule has 0 heterocycles. The molecule has 2 aromatic rings. The highest BCUT2D eigenvalue weighted by Crippen LogP contribution is 2.21. The lowest BCUT2D eigenvalue weighted by Gasteiger charge is -2.16. The van der Waals surface area contributed by atoms with Gasteiger partial charge in [0.25, 0.3) is 5.91 Å². The van der Waals surface area contributed by atoms with Crippen LogP contribution in [-0.4, -0.2) is 19.5 Å². The Morgan fingerprint density at radius 1 is 1.09 bits per heavy atom. The molecule has 0 radical (unpaired) electrons. The van der Waals surface area contributed by atoms with E-state index in [0.29, 0.717) is 6.54 Å². The molecule has 0 spiro atoms. The number of rotatable bonds is 5. The zero-order valence-electron chi connectivity index (χ0n) is 14.2. The zero-order valence-corrected chi connectivity index (χ0v) is 15.8. The van der Waals surface area contributed by atoms with Crippen LogP contribution in [0.25, 0.3) is 0 Å². The SMILES string of the molecule is Cc1cc(C)c(NC(=O)C[NH+](C)Cc2ccc(Br)cc2)c(C)c1. The lowest BCUT2D eigenvalue weighted by Crippen LogP contribution is -3.08. The van der Waals surface area contributed by atoms with E-state index in [1.807, 2.05) is 33.0 Å². The first kappa shape index (κ1) is 17.7. The van der Waals surface area contributed by atoms with Crippen LogP contribution in [0.2, 0.25) is 0 Å². The number of carbonyl (C=O) groups excluding carboxylic acids is 1. The minimum absolute atomic E-state index is 0.0506. The number of nitrogens with one attached hydrogen (secondary N) is 2. The van der Waals surface area contributed by atoms with E-state index < -0.39 is 0 Å². The van der Waals surface area contributed by atoms with Crippen LogP contribution in [0.4, 0.5) is 5.69 Å². The zero-order chi connectivity index (χ0) is 17.0. The Morgan fingerprint density at radius 3 is 2.22 bits per heavy atom. The van der Waals surface area contributed by atoms with Gasteiger partial charge in [0.2, 0.25) is 0 Å². The predicted octanol–water partition coefficient (Wildman–Crippen LogP) is 3.03. The predicted molar refractivity (Wildman–Crippen MR) is 98.9 cm³/mol. The summed E-state index contributed by atoms with van der Waals surface area (Å²) in [6.45, 7) is 7.42. The molecule has 122 valence electrons. The van der Waals surface area contributed by atoms with Crippen LogP contribution in [0, 0.1) is 20.8 Å². The average Bonchev–Trinajstić information content (AvgIpc) is 2.45. The summed E-state index contributed by atoms with van der Waals surface area (Å²) in [5.74, 6) is 0.0506. The highest BCUT2D eigenvalue weighted by Gasteiger charge is 2.13. The molecule has 0 saturated carbocycles. The number of quaternary nitrogens is 1. The van der Waals surface area contributed by atoms with Crippen molar-refractivity contribution in [2.75, 3.05) is 18.9 Å². The highest BCUT2D eigenvalue weighted by atomic mass is 79.9. The summed E-state index contributed by atoms with van der Waals surface area (Å²) >= 11 is 3.44. The Morgan fingerprint density at radius 2 is 1.65 bits per heavy atom. The largest absolute Gasteiger partial charge is 0.326 e. The normalized spacial score (nSPS) is 12.0. The number of hydrogen-bond donors (Lipinski definition) is 2. The minimum atomic E-state index is 0.0506. The first-order valence-corrected chi connectivity index (χ1v) is 8.58. The van der Waals surface area contributed by atoms with E-state index in [9.17, 15) is 4.79 Å². The van der Waals surface area contributed by atoms with Gasteiger partial charge in [-0.3, -0.25) is 4.79 Å². The van der Waals surface area contributed by atoms with Gasteiger partial charge < -0.3 is 10.2 Å². The first-order chi connectivity index (χ1) is 10.8. The van der Waals surface area contributed by atoms with Crippen LogP contribution in [0.1, 0.15) is 22.3 Å². The summed E-state index contributed by atoms with van der Waals surface area (Å²) < 4.78 is 1.07. The number of halogens is 1. The molecular formula is C19H24BrN2O+. The summed E-state index contributed by atoms with van der Waals surface area (Å²) in [5.41, 5.74) is 5.61. The number of amides is 1. The molecule has 4 heteroatoms. The van der Waals surface area contributed by atoms with Gasteiger partial charge in [-0.05, 0) is 44.0 Å². The van der Waals surface area contributed by atoms with Crippen molar-refractivity contribution in [3.63, 3.8) is 0 Å². The van der Waals surface area contributed by atoms with Crippen molar-refractivity contribution in [3.8, 4) is 0 Å². The summed E-state index contributed by atoms with van der Waals surface area (Å²) in [4.78, 5) is 13.5. The number of anilines is 1. The average molecular weight is 376 g/mol. The van der Waals surface area contributed by atoms with Crippen molar-refractivity contribution in [1.82, 2.24) is 0 Å². The van der Waals surface area contributed by atoms with Crippen LogP contribution in [0.5, 0.6) is 0 Å². The van der Waals surface area contributed by atoms with E-state index >= 15 is 0 Å². The fourth-order valence-electron chi connectivity index (χ4n) is 2.85. The van der Waals surface area contributed by atoms with E-state index in [-0.39, 0.29) is 5.91 Å². The van der Waals surface area contributed by atoms with Gasteiger partial charge >= 0.3 is 0 Å². The second-order valence-corrected chi connectivity index (χ2v) is 7.17. The van der Waals surface area contributed by atoms with Gasteiger partial charge in [-0.25, -0.2) is 0 Å². The van der Waals surface area contributed by atoms with E-state index in [0.717, 1.165) is 32.7 Å². The molecule has 2 N–H and O–H groups in total. The minimum Gasteiger partial charge on any atom is -0.326 e. The van der Waals surface area contributed by atoms with E-state index in [1.54, 1.807) is 0 Å². The third-order valence-corrected chi connectivity index (χ3v) is 4.35. The smallest absolute Gasteiger partial charge is 0.279 e. The summed E-state index contributed by atoms with van der Waals surface area (Å²) in [7, 11) is 2.04. The lowest BCUT2D eigenvalue weighted by atomic mass is 10.1. The highest BCUT2D eigenvalue weighted by molar-refractivity contribution is 9.10. The molecule has 0 aliphatic carbocycles. The number of aryl methyl sites for hydroxylation is 3. The van der Waals surface area contributed by atoms with Gasteiger partial charge in [-0.2, -0.15) is 0 Å². The second-order valence-electron chi connectivity index (χ2n) is 6.26. The van der Waals surface area contributed by atoms with Gasteiger partial charge in [-0.1, -0.05) is 45.8 Å². The molecule has 0 aliphatic rings. The maximum absolute atomic E-state index is 12.3. The van der Waals surface area contributed by atoms with Gasteiger partial charge in [0, 0.05) is 15.7 Å². The Labute approximate surface area is 146 Å². The number of hydrogen-bond acceptors (Lipinski definition) is 1. The fraction of sp³-hybridized carbons (Fsp3) is 0.316. The van der Waals surface area contributed by atoms with Crippen LogP contribution in [0.15, 0.2) is 40.9 Å². The van der Waals surface area contributed by atoms with Crippen LogP contribution < -0.4 is 10.2 Å². The Kier molecular flexibility index (Phi) is 5.97. The van der Waals surface area contributed by atoms with Crippen molar-refractivity contribution in [1.29, 1.82) is 0 Å². The maximum atomic E-state index is 12.3. The van der Waals surface area contributed by atoms with Gasteiger partial charge in [-0.15, -0.1) is 0 Å². The second kappa shape index (κ2) is 7.75. The monoisotopic (exact) mass is 375 g/mol. The van der Waals surface area contributed by atoms with Crippen molar-refractivity contribution < 1.29 is 9.69 Å². The van der Waals surface area contributed by atoms with Crippen LogP contribution >= 0.6 is 15.9 Å². The first-order valence-electron chi connectivity index (χ1n) is 7.78. The summed E-state index contributed by atoms with van der Waals surface area (Å²) in [6.07, 6.45) is 0. The van der Waals surface area contributed by atoms with Crippen molar-refractivity contribution in [2.24, 2.45) is 0 Å². The lowest BCUT2D eigenvalue weighted by molar-refractivity contribution is -0.885. The van der Waals surface area contributed by atoms with Crippen LogP contribution in [0.3, 0.4) is 0 Å². The number of likely N-dealkylation sites (N-methyl/N-ethyl adjacent to an activating group) is 1. The quantitative estimate of drug-likeness (QED) is 0.827. The van der Waals surface area contributed by atoms with Crippen molar-refractivity contribution >= 4 is 27.5 Å². The Bertz CT molecular complexity index is 672. The molecular weight excluding hydrogens is 352 g/mol. The molecule has 0 aliphatic heterocycles. The standard InChI is InChI=1S/C19H23BrN2O/c1-13-9-14(2)19(15(3)10-13)21-18(23)12-22(4)11-16-5-7-17(20)8-6-16/h5-10H,11-12H2,1-4H3,(H,21,23)/p+1. The third kappa shape index (κ3) is 5.19. The maximum Gasteiger partial charge on any atom is 0.279 e. The summed E-state index contributed by atoms with van der Waals surface area (Å²) in [5, 5.41) is 3.06. The molecule has 23 heavy (non-hydrogen) atoms. The summed E-state index contributed by atoms with van der Waals surface area (Å²) in [6, 6.07) is 12.4. The fourth-order valence-corrected chi connectivity index (χ4v) is 3.11. The Hall–Kier alpha value is -1.65. The van der Waals surface area contributed by atoms with Gasteiger partial charge in [0.1, 0.15) is 6.54 Å². The Balaban J connectivity index is 1.95. The molecule has 3 nitrogen and oxygen atoms in total. The van der Waals surface area contributed by atoms with Gasteiger partial charge in [0.05, 0.1) is 7.05 Å². The topological polar surface area (TPSA) is 33.5 Å². The molecule has 1 amide bonds. The van der Waals surface area contributed by atoms with E-state index in [2.05, 4.69) is 52.4 Å². The molecule has 1 unspecified atom stereocenters. The van der Waals surface area contributed by atoms with Gasteiger partial charge in [0.15, 0.2) is 6.54 Å². The molecule has 1 atom stereocenters.